The number of esters is 1. The zero-order valence-electron chi connectivity index (χ0n) is 22.0. The van der Waals surface area contributed by atoms with Gasteiger partial charge in [-0.1, -0.05) is 17.7 Å². The zero-order valence-corrected chi connectivity index (χ0v) is 22.8. The van der Waals surface area contributed by atoms with E-state index in [1.54, 1.807) is 30.0 Å². The number of anilines is 3. The molecule has 12 heteroatoms. The molecule has 4 rings (SSSR count). The fraction of sp³-hybridized carbons (Fsp3) is 0.357. The Balaban J connectivity index is 1.54. The van der Waals surface area contributed by atoms with Crippen LogP contribution in [0, 0.1) is 11.7 Å². The number of amides is 1. The van der Waals surface area contributed by atoms with Gasteiger partial charge >= 0.3 is 5.97 Å². The molecule has 1 aliphatic carbocycles. The molecule has 0 unspecified atom stereocenters. The highest BCUT2D eigenvalue weighted by Crippen LogP contribution is 2.36. The summed E-state index contributed by atoms with van der Waals surface area (Å²) in [7, 11) is 0. The van der Waals surface area contributed by atoms with Crippen molar-refractivity contribution in [2.24, 2.45) is 5.92 Å². The van der Waals surface area contributed by atoms with Gasteiger partial charge in [0, 0.05) is 36.3 Å². The van der Waals surface area contributed by atoms with E-state index < -0.39 is 17.7 Å². The van der Waals surface area contributed by atoms with Crippen LogP contribution >= 0.6 is 11.6 Å². The molecule has 1 saturated carbocycles. The lowest BCUT2D eigenvalue weighted by Crippen LogP contribution is -2.33. The lowest BCUT2D eigenvalue weighted by Gasteiger charge is -2.18. The van der Waals surface area contributed by atoms with Crippen LogP contribution < -0.4 is 15.4 Å². The predicted octanol–water partition coefficient (Wildman–Crippen LogP) is 4.31. The number of aromatic nitrogens is 2. The lowest BCUT2D eigenvalue weighted by molar-refractivity contribution is -0.144. The number of nitrogens with one attached hydrogen (secondary N) is 2. The average molecular weight is 572 g/mol. The van der Waals surface area contributed by atoms with E-state index in [0.29, 0.717) is 46.4 Å². The van der Waals surface area contributed by atoms with Crippen LogP contribution in [-0.2, 0) is 14.3 Å². The van der Waals surface area contributed by atoms with Crippen LogP contribution in [0.1, 0.15) is 19.8 Å². The Bertz CT molecular complexity index is 1380. The topological polar surface area (TPSA) is 126 Å². The molecule has 0 atom stereocenters. The Kier molecular flexibility index (Phi) is 10.2. The number of aliphatic hydroxyl groups is 1. The van der Waals surface area contributed by atoms with Crippen molar-refractivity contribution in [2.45, 2.75) is 19.8 Å². The van der Waals surface area contributed by atoms with Crippen molar-refractivity contribution in [3.63, 3.8) is 0 Å². The Morgan fingerprint density at radius 3 is 2.80 bits per heavy atom. The van der Waals surface area contributed by atoms with E-state index >= 15 is 0 Å². The molecule has 212 valence electrons. The van der Waals surface area contributed by atoms with Crippen LogP contribution in [-0.4, -0.2) is 71.3 Å². The number of ether oxygens (including phenoxy) is 2. The summed E-state index contributed by atoms with van der Waals surface area (Å²) < 4.78 is 24.6. The van der Waals surface area contributed by atoms with Gasteiger partial charge in [-0.2, -0.15) is 0 Å². The average Bonchev–Trinajstić information content (AvgIpc) is 3.75. The molecule has 3 aromatic rings. The molecule has 1 heterocycles. The third-order valence-electron chi connectivity index (χ3n) is 6.06. The summed E-state index contributed by atoms with van der Waals surface area (Å²) in [6, 6.07) is 7.70. The zero-order chi connectivity index (χ0) is 28.5. The molecule has 3 N–H and O–H groups in total. The number of carbonyl (C=O) groups is 2. The van der Waals surface area contributed by atoms with Crippen LogP contribution in [0.4, 0.5) is 21.6 Å². The molecule has 2 aromatic carbocycles. The van der Waals surface area contributed by atoms with Gasteiger partial charge in [-0.25, -0.2) is 14.4 Å². The largest absolute Gasteiger partial charge is 0.491 e. The first-order valence-electron chi connectivity index (χ1n) is 13.0. The maximum Gasteiger partial charge on any atom is 0.320 e. The summed E-state index contributed by atoms with van der Waals surface area (Å²) in [5.41, 5.74) is 1.55. The van der Waals surface area contributed by atoms with Crippen molar-refractivity contribution < 1.29 is 28.6 Å². The van der Waals surface area contributed by atoms with Crippen LogP contribution in [0.5, 0.6) is 5.75 Å². The van der Waals surface area contributed by atoms with Crippen LogP contribution in [0.3, 0.4) is 0 Å². The minimum Gasteiger partial charge on any atom is -0.491 e. The van der Waals surface area contributed by atoms with E-state index in [1.807, 2.05) is 0 Å². The molecule has 0 bridgehead atoms. The second-order valence-corrected chi connectivity index (χ2v) is 9.66. The van der Waals surface area contributed by atoms with E-state index in [1.165, 1.54) is 30.6 Å². The van der Waals surface area contributed by atoms with Gasteiger partial charge in [0.1, 0.15) is 23.7 Å². The first-order valence-corrected chi connectivity index (χ1v) is 13.3. The van der Waals surface area contributed by atoms with Gasteiger partial charge in [-0.15, -0.1) is 0 Å². The third kappa shape index (κ3) is 8.35. The van der Waals surface area contributed by atoms with Gasteiger partial charge in [0.2, 0.25) is 5.91 Å². The number of carbonyl (C=O) groups excluding carboxylic acids is 2. The van der Waals surface area contributed by atoms with E-state index in [9.17, 15) is 19.1 Å². The van der Waals surface area contributed by atoms with Gasteiger partial charge in [0.25, 0.3) is 0 Å². The molecular formula is C28H31ClFN5O5. The van der Waals surface area contributed by atoms with Crippen molar-refractivity contribution in [1.82, 2.24) is 14.9 Å². The summed E-state index contributed by atoms with van der Waals surface area (Å²) in [5, 5.41) is 15.8. The summed E-state index contributed by atoms with van der Waals surface area (Å²) >= 11 is 5.93. The van der Waals surface area contributed by atoms with Gasteiger partial charge in [0.15, 0.2) is 0 Å². The number of aliphatic hydroxyl groups excluding tert-OH is 1. The minimum atomic E-state index is -0.532. The minimum absolute atomic E-state index is 0.000761. The highest BCUT2D eigenvalue weighted by Gasteiger charge is 2.23. The monoisotopic (exact) mass is 571 g/mol. The summed E-state index contributed by atoms with van der Waals surface area (Å²) in [5.74, 6) is 0.0489. The van der Waals surface area contributed by atoms with Gasteiger partial charge in [-0.3, -0.25) is 14.5 Å². The molecule has 1 fully saturated rings. The molecular weight excluding hydrogens is 541 g/mol. The van der Waals surface area contributed by atoms with Crippen molar-refractivity contribution in [1.29, 1.82) is 0 Å². The molecule has 1 aromatic heterocycles. The highest BCUT2D eigenvalue weighted by atomic mass is 35.5. The number of hydrogen-bond acceptors (Lipinski definition) is 9. The Hall–Kier alpha value is -3.80. The summed E-state index contributed by atoms with van der Waals surface area (Å²) in [4.78, 5) is 35.0. The van der Waals surface area contributed by atoms with E-state index in [4.69, 9.17) is 21.1 Å². The first kappa shape index (κ1) is 29.2. The van der Waals surface area contributed by atoms with Crippen molar-refractivity contribution >= 4 is 51.6 Å². The van der Waals surface area contributed by atoms with E-state index in [0.717, 1.165) is 12.8 Å². The SMILES string of the molecule is CCOC(=O)CN(CC=CC(=O)Nc1cc2c(Nc3ccc(F)c(Cl)c3)ncnc2cc1OCC1CC1)CCO. The highest BCUT2D eigenvalue weighted by molar-refractivity contribution is 6.31. The van der Waals surface area contributed by atoms with E-state index in [2.05, 4.69) is 20.6 Å². The predicted molar refractivity (Wildman–Crippen MR) is 150 cm³/mol. The number of benzene rings is 2. The van der Waals surface area contributed by atoms with E-state index in [-0.39, 0.29) is 37.9 Å². The Morgan fingerprint density at radius 1 is 1.25 bits per heavy atom. The lowest BCUT2D eigenvalue weighted by atomic mass is 10.1. The fourth-order valence-corrected chi connectivity index (χ4v) is 4.03. The van der Waals surface area contributed by atoms with Crippen molar-refractivity contribution in [3.05, 3.63) is 59.7 Å². The Morgan fingerprint density at radius 2 is 2.08 bits per heavy atom. The first-order chi connectivity index (χ1) is 19.4. The maximum absolute atomic E-state index is 13.6. The standard InChI is InChI=1S/C28H31ClFN5O5/c1-2-39-27(38)15-35(10-11-36)9-3-4-26(37)34-24-13-20-23(14-25(24)40-16-18-5-6-18)31-17-32-28(20)33-19-7-8-22(30)21(29)12-19/h3-4,7-8,12-14,17-18,36H,2,5-6,9-11,15-16H2,1H3,(H,34,37)(H,31,32,33). The number of fused-ring (bicyclic) bond motifs is 1. The molecule has 0 radical (unpaired) electrons. The molecule has 0 spiro atoms. The summed E-state index contributed by atoms with van der Waals surface area (Å²) in [6.45, 7) is 2.89. The molecule has 0 saturated heterocycles. The normalized spacial score (nSPS) is 13.1. The van der Waals surface area contributed by atoms with Crippen molar-refractivity contribution in [3.8, 4) is 5.75 Å². The molecule has 1 aliphatic rings. The second-order valence-electron chi connectivity index (χ2n) is 9.25. The number of halogens is 2. The second kappa shape index (κ2) is 14.0. The van der Waals surface area contributed by atoms with Crippen LogP contribution in [0.15, 0.2) is 48.8 Å². The number of nitrogens with zero attached hydrogens (tertiary/aromatic N) is 3. The number of hydrogen-bond donors (Lipinski definition) is 3. The molecule has 1 amide bonds. The molecule has 0 aliphatic heterocycles. The van der Waals surface area contributed by atoms with Gasteiger partial charge in [-0.05, 0) is 49.9 Å². The molecule has 10 nitrogen and oxygen atoms in total. The quantitative estimate of drug-likeness (QED) is 0.192. The molecule has 40 heavy (non-hydrogen) atoms. The third-order valence-corrected chi connectivity index (χ3v) is 6.35. The van der Waals surface area contributed by atoms with Crippen molar-refractivity contribution in [2.75, 3.05) is 50.1 Å². The smallest absolute Gasteiger partial charge is 0.320 e. The van der Waals surface area contributed by atoms with Crippen LogP contribution in [0.25, 0.3) is 10.9 Å². The van der Waals surface area contributed by atoms with Gasteiger partial charge in [0.05, 0.1) is 42.6 Å². The fourth-order valence-electron chi connectivity index (χ4n) is 3.85. The maximum atomic E-state index is 13.6. The van der Waals surface area contributed by atoms with Gasteiger partial charge < -0.3 is 25.2 Å². The Labute approximate surface area is 236 Å². The number of rotatable bonds is 14. The van der Waals surface area contributed by atoms with Crippen LogP contribution in [0.2, 0.25) is 5.02 Å². The summed E-state index contributed by atoms with van der Waals surface area (Å²) in [6.07, 6.45) is 6.56.